The van der Waals surface area contributed by atoms with Crippen molar-refractivity contribution in [2.24, 2.45) is 0 Å². The molecule has 1 N–H and O–H groups in total. The van der Waals surface area contributed by atoms with Gasteiger partial charge in [-0.25, -0.2) is 4.98 Å². The van der Waals surface area contributed by atoms with Crippen LogP contribution < -0.4 is 5.32 Å². The fraction of sp³-hybridized carbons (Fsp3) is 0.357. The average molecular weight is 298 g/mol. The number of nitrogens with one attached hydrogen (secondary N) is 1. The van der Waals surface area contributed by atoms with Gasteiger partial charge in [0, 0.05) is 12.5 Å². The van der Waals surface area contributed by atoms with E-state index < -0.39 is 11.9 Å². The maximum atomic E-state index is 13.0. The molecule has 0 saturated heterocycles. The molecule has 0 aliphatic heterocycles. The van der Waals surface area contributed by atoms with E-state index in [0.717, 1.165) is 23.3 Å². The van der Waals surface area contributed by atoms with Gasteiger partial charge in [-0.1, -0.05) is 24.3 Å². The molecule has 2 nitrogen and oxygen atoms in total. The number of rotatable bonds is 3. The van der Waals surface area contributed by atoms with Gasteiger partial charge in [-0.15, -0.1) is 11.3 Å². The number of benzene rings is 1. The van der Waals surface area contributed by atoms with Gasteiger partial charge in [-0.05, 0) is 24.6 Å². The summed E-state index contributed by atoms with van der Waals surface area (Å²) in [5, 5.41) is 3.34. The Morgan fingerprint density at radius 3 is 2.75 bits per heavy atom. The molecule has 1 aliphatic rings. The second-order valence-corrected chi connectivity index (χ2v) is 5.92. The summed E-state index contributed by atoms with van der Waals surface area (Å²) in [5.41, 5.74) is 1.57. The highest BCUT2D eigenvalue weighted by Crippen LogP contribution is 2.44. The maximum Gasteiger partial charge on any atom is 0.434 e. The molecule has 3 rings (SSSR count). The van der Waals surface area contributed by atoms with Gasteiger partial charge in [0.1, 0.15) is 5.01 Å². The van der Waals surface area contributed by atoms with E-state index in [1.165, 1.54) is 5.56 Å². The van der Waals surface area contributed by atoms with E-state index in [0.29, 0.717) is 5.01 Å². The van der Waals surface area contributed by atoms with E-state index in [-0.39, 0.29) is 17.3 Å². The molecule has 1 unspecified atom stereocenters. The molecule has 1 aromatic carbocycles. The van der Waals surface area contributed by atoms with E-state index in [1.54, 1.807) is 7.05 Å². The molecule has 1 atom stereocenters. The van der Waals surface area contributed by atoms with Crippen LogP contribution in [0.4, 0.5) is 13.2 Å². The van der Waals surface area contributed by atoms with Crippen LogP contribution in [0.5, 0.6) is 0 Å². The first kappa shape index (κ1) is 13.6. The van der Waals surface area contributed by atoms with E-state index >= 15 is 0 Å². The molecule has 0 amide bonds. The van der Waals surface area contributed by atoms with Crippen LogP contribution in [0, 0.1) is 0 Å². The monoisotopic (exact) mass is 298 g/mol. The minimum atomic E-state index is -4.38. The highest BCUT2D eigenvalue weighted by Gasteiger charge is 2.39. The topological polar surface area (TPSA) is 24.9 Å². The number of hydrogen-bond donors (Lipinski definition) is 1. The predicted molar refractivity (Wildman–Crippen MR) is 71.9 cm³/mol. The van der Waals surface area contributed by atoms with Crippen molar-refractivity contribution in [3.8, 4) is 0 Å². The Bertz CT molecular complexity index is 634. The molecule has 1 aliphatic carbocycles. The van der Waals surface area contributed by atoms with Gasteiger partial charge in [0.2, 0.25) is 0 Å². The van der Waals surface area contributed by atoms with Crippen molar-refractivity contribution in [1.82, 2.24) is 10.3 Å². The SMILES string of the molecule is CNCc1sc(C2Cc3ccccc32)nc1C(F)(F)F. The summed E-state index contributed by atoms with van der Waals surface area (Å²) < 4.78 is 38.9. The summed E-state index contributed by atoms with van der Waals surface area (Å²) in [6.07, 6.45) is -3.61. The van der Waals surface area contributed by atoms with E-state index in [4.69, 9.17) is 0 Å². The van der Waals surface area contributed by atoms with Gasteiger partial charge in [0.05, 0.1) is 4.88 Å². The fourth-order valence-electron chi connectivity index (χ4n) is 2.50. The van der Waals surface area contributed by atoms with Crippen molar-refractivity contribution in [1.29, 1.82) is 0 Å². The molecule has 106 valence electrons. The number of hydrogen-bond acceptors (Lipinski definition) is 3. The van der Waals surface area contributed by atoms with Crippen molar-refractivity contribution in [3.05, 3.63) is 51.0 Å². The number of nitrogens with zero attached hydrogens (tertiary/aromatic N) is 1. The third-order valence-electron chi connectivity index (χ3n) is 3.47. The first-order valence-electron chi connectivity index (χ1n) is 6.30. The lowest BCUT2D eigenvalue weighted by Crippen LogP contribution is -2.18. The molecular formula is C14H13F3N2S. The third-order valence-corrected chi connectivity index (χ3v) is 4.64. The number of halogens is 3. The first-order valence-corrected chi connectivity index (χ1v) is 7.11. The maximum absolute atomic E-state index is 13.0. The van der Waals surface area contributed by atoms with Crippen LogP contribution in [0.3, 0.4) is 0 Å². The molecule has 0 bridgehead atoms. The van der Waals surface area contributed by atoms with Crippen molar-refractivity contribution in [2.45, 2.75) is 25.1 Å². The number of aromatic nitrogens is 1. The highest BCUT2D eigenvalue weighted by molar-refractivity contribution is 7.11. The normalized spacial score (nSPS) is 17.7. The lowest BCUT2D eigenvalue weighted by atomic mass is 9.78. The number of alkyl halides is 3. The van der Waals surface area contributed by atoms with Crippen LogP contribution in [-0.4, -0.2) is 12.0 Å². The molecule has 0 fully saturated rings. The van der Waals surface area contributed by atoms with Gasteiger partial charge < -0.3 is 5.32 Å². The Morgan fingerprint density at radius 2 is 2.10 bits per heavy atom. The molecule has 0 spiro atoms. The van der Waals surface area contributed by atoms with Crippen LogP contribution in [0.2, 0.25) is 0 Å². The number of thiazole rings is 1. The van der Waals surface area contributed by atoms with Gasteiger partial charge in [-0.2, -0.15) is 13.2 Å². The summed E-state index contributed by atoms with van der Waals surface area (Å²) in [5.74, 6) is 0.0166. The van der Waals surface area contributed by atoms with Gasteiger partial charge >= 0.3 is 6.18 Å². The van der Waals surface area contributed by atoms with E-state index in [1.807, 2.05) is 24.3 Å². The van der Waals surface area contributed by atoms with Crippen LogP contribution in [0.1, 0.15) is 32.6 Å². The number of fused-ring (bicyclic) bond motifs is 1. The molecule has 0 saturated carbocycles. The Kier molecular flexibility index (Phi) is 3.30. The zero-order valence-electron chi connectivity index (χ0n) is 10.8. The summed E-state index contributed by atoms with van der Waals surface area (Å²) in [7, 11) is 1.64. The third kappa shape index (κ3) is 2.23. The summed E-state index contributed by atoms with van der Waals surface area (Å²) in [6, 6.07) is 7.84. The average Bonchev–Trinajstić information content (AvgIpc) is 2.75. The fourth-order valence-corrected chi connectivity index (χ4v) is 3.72. The van der Waals surface area contributed by atoms with E-state index in [2.05, 4.69) is 10.3 Å². The van der Waals surface area contributed by atoms with Crippen LogP contribution in [0.25, 0.3) is 0 Å². The quantitative estimate of drug-likeness (QED) is 0.937. The Hall–Kier alpha value is -1.40. The van der Waals surface area contributed by atoms with Crippen molar-refractivity contribution in [2.75, 3.05) is 7.05 Å². The Labute approximate surface area is 118 Å². The van der Waals surface area contributed by atoms with Crippen molar-refractivity contribution in [3.63, 3.8) is 0 Å². The zero-order valence-corrected chi connectivity index (χ0v) is 11.6. The van der Waals surface area contributed by atoms with E-state index in [9.17, 15) is 13.2 Å². The summed E-state index contributed by atoms with van der Waals surface area (Å²) >= 11 is 1.16. The largest absolute Gasteiger partial charge is 0.434 e. The smallest absolute Gasteiger partial charge is 0.315 e. The summed E-state index contributed by atoms with van der Waals surface area (Å²) in [6.45, 7) is 0.195. The van der Waals surface area contributed by atoms with Crippen LogP contribution >= 0.6 is 11.3 Å². The van der Waals surface area contributed by atoms with Crippen molar-refractivity contribution < 1.29 is 13.2 Å². The second kappa shape index (κ2) is 4.86. The molecule has 20 heavy (non-hydrogen) atoms. The van der Waals surface area contributed by atoms with Gasteiger partial charge in [0.25, 0.3) is 0 Å². The van der Waals surface area contributed by atoms with Gasteiger partial charge in [0.15, 0.2) is 5.69 Å². The molecule has 0 radical (unpaired) electrons. The predicted octanol–water partition coefficient (Wildman–Crippen LogP) is 3.57. The minimum absolute atomic E-state index is 0.0166. The minimum Gasteiger partial charge on any atom is -0.315 e. The molecule has 1 heterocycles. The molecule has 6 heteroatoms. The lowest BCUT2D eigenvalue weighted by molar-refractivity contribution is -0.141. The summed E-state index contributed by atoms with van der Waals surface area (Å²) in [4.78, 5) is 4.14. The molecule has 2 aromatic rings. The van der Waals surface area contributed by atoms with Gasteiger partial charge in [-0.3, -0.25) is 0 Å². The highest BCUT2D eigenvalue weighted by atomic mass is 32.1. The second-order valence-electron chi connectivity index (χ2n) is 4.81. The van der Waals surface area contributed by atoms with Crippen LogP contribution in [0.15, 0.2) is 24.3 Å². The molecular weight excluding hydrogens is 285 g/mol. The zero-order chi connectivity index (χ0) is 14.3. The Morgan fingerprint density at radius 1 is 1.35 bits per heavy atom. The lowest BCUT2D eigenvalue weighted by Gasteiger charge is -2.28. The standard InChI is InChI=1S/C14H13F3N2S/c1-18-7-11-12(14(15,16)17)19-13(20-11)10-6-8-4-2-3-5-9(8)10/h2-5,10,18H,6-7H2,1H3. The first-order chi connectivity index (χ1) is 9.50. The Balaban J connectivity index is 1.97. The molecule has 1 aromatic heterocycles. The van der Waals surface area contributed by atoms with Crippen molar-refractivity contribution >= 4 is 11.3 Å². The van der Waals surface area contributed by atoms with Crippen LogP contribution in [-0.2, 0) is 19.1 Å².